The molecule has 0 amide bonds. The minimum Gasteiger partial charge on any atom is -0.368 e. The Morgan fingerprint density at radius 2 is 1.93 bits per heavy atom. The van der Waals surface area contributed by atoms with Crippen molar-refractivity contribution in [1.29, 1.82) is 0 Å². The van der Waals surface area contributed by atoms with Crippen LogP contribution in [0, 0.1) is 5.92 Å². The Morgan fingerprint density at radius 1 is 1.15 bits per heavy atom. The second-order valence-corrected chi connectivity index (χ2v) is 14.0. The quantitative estimate of drug-likeness (QED) is 0.372. The predicted octanol–water partition coefficient (Wildman–Crippen LogP) is 4.58. The summed E-state index contributed by atoms with van der Waals surface area (Å²) in [5, 5.41) is 8.06. The fourth-order valence-corrected chi connectivity index (χ4v) is 6.67. The zero-order chi connectivity index (χ0) is 29.5. The zero-order valence-corrected chi connectivity index (χ0v) is 25.0. The van der Waals surface area contributed by atoms with Crippen LogP contribution in [0.25, 0.3) is 10.8 Å². The summed E-state index contributed by atoms with van der Waals surface area (Å²) in [6, 6.07) is 7.37. The second-order valence-electron chi connectivity index (χ2n) is 11.7. The van der Waals surface area contributed by atoms with Crippen molar-refractivity contribution in [2.24, 2.45) is 5.92 Å². The molecule has 0 saturated carbocycles. The maximum atomic E-state index is 14.5. The Kier molecular flexibility index (Phi) is 8.08. The van der Waals surface area contributed by atoms with Gasteiger partial charge in [-0.2, -0.15) is 4.98 Å². The van der Waals surface area contributed by atoms with Gasteiger partial charge in [-0.25, -0.2) is 27.2 Å². The Morgan fingerprint density at radius 3 is 2.59 bits per heavy atom. The highest BCUT2D eigenvalue weighted by atomic mass is 32.2. The van der Waals surface area contributed by atoms with E-state index in [4.69, 9.17) is 0 Å². The van der Waals surface area contributed by atoms with Gasteiger partial charge in [0.2, 0.25) is 5.95 Å². The van der Waals surface area contributed by atoms with Crippen LogP contribution in [0.5, 0.6) is 0 Å². The number of nitrogens with one attached hydrogen (secondary N) is 2. The van der Waals surface area contributed by atoms with Gasteiger partial charge in [0.25, 0.3) is 5.92 Å². The highest BCUT2D eigenvalue weighted by molar-refractivity contribution is 7.90. The highest BCUT2D eigenvalue weighted by Gasteiger charge is 2.44. The number of benzene rings is 1. The average molecular weight is 588 g/mol. The van der Waals surface area contributed by atoms with Crippen molar-refractivity contribution in [2.45, 2.75) is 57.5 Å². The lowest BCUT2D eigenvalue weighted by molar-refractivity contribution is -0.0405. The number of anilines is 4. The van der Waals surface area contributed by atoms with Gasteiger partial charge < -0.3 is 20.4 Å². The van der Waals surface area contributed by atoms with E-state index in [0.29, 0.717) is 36.9 Å². The van der Waals surface area contributed by atoms with Gasteiger partial charge in [0.05, 0.1) is 18.3 Å². The Hall–Kier alpha value is -3.12. The maximum absolute atomic E-state index is 14.5. The van der Waals surface area contributed by atoms with Crippen molar-refractivity contribution < 1.29 is 17.2 Å². The van der Waals surface area contributed by atoms with Gasteiger partial charge in [-0.05, 0) is 67.8 Å². The molecule has 222 valence electrons. The van der Waals surface area contributed by atoms with Crippen molar-refractivity contribution in [2.75, 3.05) is 53.8 Å². The normalized spacial score (nSPS) is 22.7. The van der Waals surface area contributed by atoms with E-state index >= 15 is 0 Å². The van der Waals surface area contributed by atoms with E-state index in [2.05, 4.69) is 63.4 Å². The van der Waals surface area contributed by atoms with Gasteiger partial charge in [-0.1, -0.05) is 19.9 Å². The van der Waals surface area contributed by atoms with Crippen LogP contribution in [0.4, 0.5) is 32.1 Å². The molecule has 0 bridgehead atoms. The zero-order valence-electron chi connectivity index (χ0n) is 24.2. The largest absolute Gasteiger partial charge is 0.368 e. The van der Waals surface area contributed by atoms with E-state index in [1.54, 1.807) is 19.3 Å². The minimum absolute atomic E-state index is 0.209. The number of sulfone groups is 1. The first-order valence-corrected chi connectivity index (χ1v) is 16.2. The van der Waals surface area contributed by atoms with Crippen LogP contribution in [-0.4, -0.2) is 80.1 Å². The molecule has 2 N–H and O–H groups in total. The van der Waals surface area contributed by atoms with Crippen molar-refractivity contribution in [1.82, 2.24) is 20.3 Å². The third-order valence-electron chi connectivity index (χ3n) is 8.44. The minimum atomic E-state index is -2.98. The summed E-state index contributed by atoms with van der Waals surface area (Å²) in [6.07, 6.45) is 5.68. The van der Waals surface area contributed by atoms with Crippen molar-refractivity contribution >= 4 is 43.9 Å². The Balaban J connectivity index is 1.38. The molecule has 2 fully saturated rings. The molecule has 9 nitrogen and oxygen atoms in total. The van der Waals surface area contributed by atoms with E-state index in [-0.39, 0.29) is 23.7 Å². The number of piperidine rings is 1. The number of alkyl halides is 2. The molecule has 1 aromatic carbocycles. The number of hydrogen-bond donors (Lipinski definition) is 2. The molecule has 3 aromatic rings. The lowest BCUT2D eigenvalue weighted by atomic mass is 9.85. The molecule has 2 aliphatic heterocycles. The Labute approximate surface area is 240 Å². The summed E-state index contributed by atoms with van der Waals surface area (Å²) in [5.74, 6) is -0.725. The molecule has 3 atom stereocenters. The lowest BCUT2D eigenvalue weighted by Crippen LogP contribution is -2.56. The fourth-order valence-electron chi connectivity index (χ4n) is 5.94. The maximum Gasteiger partial charge on any atom is 0.280 e. The van der Waals surface area contributed by atoms with Crippen molar-refractivity contribution in [3.05, 3.63) is 42.2 Å². The molecule has 0 unspecified atom stereocenters. The van der Waals surface area contributed by atoms with Crippen LogP contribution in [0.15, 0.2) is 36.7 Å². The van der Waals surface area contributed by atoms with Crippen LogP contribution in [0.1, 0.15) is 45.1 Å². The number of rotatable bonds is 9. The first-order chi connectivity index (χ1) is 19.4. The fraction of sp³-hybridized carbons (Fsp3) is 0.552. The SMILES string of the molecule is CN[C@H]1CCN(c2nccc(Nc3cc4c(C(C)C)ccc(N5C[C@H](CCS(C)(=O)=O)[C@H]5C)c4cn3)n2)CC1(F)F. The first-order valence-electron chi connectivity index (χ1n) is 14.1. The standard InChI is InChI=1S/C29H39F2N7O2S/c1-18(2)21-6-7-24(38-16-20(19(38)3)10-13-41(5,39)40)23-15-34-27(14-22(21)23)35-26-8-11-33-28(36-26)37-12-9-25(32-4)29(30,31)17-37/h6-8,11,14-15,18-20,25,32H,9-10,12-13,16-17H2,1-5H3,(H,33,34,35,36)/t19-,20+,25+/m1/s1. The molecule has 0 spiro atoms. The molecule has 5 rings (SSSR count). The number of pyridine rings is 1. The third kappa shape index (κ3) is 6.23. The van der Waals surface area contributed by atoms with Gasteiger partial charge in [-0.15, -0.1) is 0 Å². The van der Waals surface area contributed by atoms with Crippen molar-refractivity contribution in [3.63, 3.8) is 0 Å². The van der Waals surface area contributed by atoms with E-state index in [1.807, 2.05) is 12.3 Å². The van der Waals surface area contributed by atoms with Gasteiger partial charge in [0.15, 0.2) is 0 Å². The molecule has 2 aliphatic rings. The monoisotopic (exact) mass is 587 g/mol. The van der Waals surface area contributed by atoms with Gasteiger partial charge in [0, 0.05) is 48.9 Å². The smallest absolute Gasteiger partial charge is 0.280 e. The number of nitrogens with zero attached hydrogens (tertiary/aromatic N) is 5. The molecule has 2 saturated heterocycles. The first kappa shape index (κ1) is 29.4. The number of hydrogen-bond acceptors (Lipinski definition) is 9. The molecule has 0 aliphatic carbocycles. The molecule has 12 heteroatoms. The van der Waals surface area contributed by atoms with E-state index < -0.39 is 28.3 Å². The van der Waals surface area contributed by atoms with Gasteiger partial charge in [0.1, 0.15) is 21.5 Å². The molecule has 4 heterocycles. The van der Waals surface area contributed by atoms with Gasteiger partial charge >= 0.3 is 0 Å². The second kappa shape index (κ2) is 11.3. The number of aromatic nitrogens is 3. The summed E-state index contributed by atoms with van der Waals surface area (Å²) < 4.78 is 52.4. The van der Waals surface area contributed by atoms with Crippen LogP contribution in [0.3, 0.4) is 0 Å². The van der Waals surface area contributed by atoms with Gasteiger partial charge in [-0.3, -0.25) is 0 Å². The summed E-state index contributed by atoms with van der Waals surface area (Å²) in [7, 11) is -1.42. The highest BCUT2D eigenvalue weighted by Crippen LogP contribution is 2.40. The third-order valence-corrected chi connectivity index (χ3v) is 9.41. The topological polar surface area (TPSA) is 103 Å². The van der Waals surface area contributed by atoms with Crippen LogP contribution >= 0.6 is 0 Å². The number of fused-ring (bicyclic) bond motifs is 1. The summed E-state index contributed by atoms with van der Waals surface area (Å²) in [4.78, 5) is 17.3. The van der Waals surface area contributed by atoms with E-state index in [9.17, 15) is 17.2 Å². The van der Waals surface area contributed by atoms with Crippen LogP contribution < -0.4 is 20.4 Å². The Bertz CT molecular complexity index is 1520. The molecular formula is C29H39F2N7O2S. The van der Waals surface area contributed by atoms with Crippen molar-refractivity contribution in [3.8, 4) is 0 Å². The molecule has 0 radical (unpaired) electrons. The van der Waals surface area contributed by atoms with E-state index in [0.717, 1.165) is 23.0 Å². The van der Waals surface area contributed by atoms with E-state index in [1.165, 1.54) is 16.7 Å². The molecular weight excluding hydrogens is 548 g/mol. The predicted molar refractivity (Wildman–Crippen MR) is 160 cm³/mol. The number of halogens is 2. The summed E-state index contributed by atoms with van der Waals surface area (Å²) in [6.45, 7) is 7.25. The lowest BCUT2D eigenvalue weighted by Gasteiger charge is -2.48. The summed E-state index contributed by atoms with van der Waals surface area (Å²) >= 11 is 0. The molecule has 2 aromatic heterocycles. The van der Waals surface area contributed by atoms with Crippen LogP contribution in [-0.2, 0) is 9.84 Å². The van der Waals surface area contributed by atoms with Crippen LogP contribution in [0.2, 0.25) is 0 Å². The average Bonchev–Trinajstić information content (AvgIpc) is 2.90. The molecule has 41 heavy (non-hydrogen) atoms. The summed E-state index contributed by atoms with van der Waals surface area (Å²) in [5.41, 5.74) is 2.27.